The van der Waals surface area contributed by atoms with Crippen LogP contribution in [0.1, 0.15) is 36.6 Å². The molecule has 0 spiro atoms. The van der Waals surface area contributed by atoms with Crippen molar-refractivity contribution in [2.45, 2.75) is 26.7 Å². The lowest BCUT2D eigenvalue weighted by atomic mass is 10.0. The number of thiocarbonyl (C=S) groups is 1. The third-order valence-corrected chi connectivity index (χ3v) is 6.19. The van der Waals surface area contributed by atoms with Crippen LogP contribution in [0, 0.1) is 6.92 Å². The molecule has 1 aliphatic rings. The topological polar surface area (TPSA) is 62.3 Å². The van der Waals surface area contributed by atoms with E-state index in [2.05, 4.69) is 36.3 Å². The number of carbonyl (C=O) groups excluding carboxylic acids is 2. The number of amides is 2. The van der Waals surface area contributed by atoms with Crippen LogP contribution in [0.25, 0.3) is 6.08 Å². The largest absolute Gasteiger partial charge is 0.300 e. The first-order chi connectivity index (χ1) is 12.8. The predicted octanol–water partition coefficient (Wildman–Crippen LogP) is 4.41. The molecule has 1 aromatic carbocycles. The van der Waals surface area contributed by atoms with Crippen LogP contribution in [0.3, 0.4) is 0 Å². The smallest absolute Gasteiger partial charge is 0.266 e. The van der Waals surface area contributed by atoms with Crippen molar-refractivity contribution in [2.75, 3.05) is 11.9 Å². The van der Waals surface area contributed by atoms with Gasteiger partial charge in [-0.2, -0.15) is 0 Å². The lowest BCUT2D eigenvalue weighted by Gasteiger charge is -2.13. The van der Waals surface area contributed by atoms with Gasteiger partial charge in [-0.1, -0.05) is 62.1 Å². The summed E-state index contributed by atoms with van der Waals surface area (Å²) in [6.45, 7) is 6.01. The van der Waals surface area contributed by atoms with Crippen LogP contribution in [0.5, 0.6) is 0 Å². The van der Waals surface area contributed by atoms with Crippen molar-refractivity contribution in [1.82, 2.24) is 9.88 Å². The fourth-order valence-corrected chi connectivity index (χ4v) is 4.44. The number of nitrogens with one attached hydrogen (secondary N) is 1. The molecule has 2 amide bonds. The number of aryl methyl sites for hydroxylation is 1. The summed E-state index contributed by atoms with van der Waals surface area (Å²) in [5.41, 5.74) is 3.02. The molecule has 0 bridgehead atoms. The van der Waals surface area contributed by atoms with E-state index in [9.17, 15) is 9.59 Å². The van der Waals surface area contributed by atoms with Gasteiger partial charge in [0.1, 0.15) is 10.9 Å². The Hall–Kier alpha value is -2.03. The number of hydrogen-bond acceptors (Lipinski definition) is 6. The summed E-state index contributed by atoms with van der Waals surface area (Å²) in [5.74, 6) is -0.107. The number of benzene rings is 1. The molecule has 0 aliphatic carbocycles. The van der Waals surface area contributed by atoms with Crippen molar-refractivity contribution >= 4 is 62.7 Å². The van der Waals surface area contributed by atoms with Crippen molar-refractivity contribution < 1.29 is 9.59 Å². The normalized spacial score (nSPS) is 15.9. The van der Waals surface area contributed by atoms with Crippen LogP contribution < -0.4 is 5.32 Å². The van der Waals surface area contributed by atoms with Gasteiger partial charge in [-0.3, -0.25) is 14.5 Å². The third kappa shape index (κ3) is 4.82. The van der Waals surface area contributed by atoms with Crippen LogP contribution in [0.15, 0.2) is 34.6 Å². The van der Waals surface area contributed by atoms with E-state index in [0.29, 0.717) is 20.3 Å². The minimum Gasteiger partial charge on any atom is -0.300 e. The van der Waals surface area contributed by atoms with E-state index in [1.165, 1.54) is 33.6 Å². The number of nitrogens with zero attached hydrogens (tertiary/aromatic N) is 2. The van der Waals surface area contributed by atoms with Crippen LogP contribution in [-0.4, -0.2) is 32.6 Å². The number of carbonyl (C=O) groups is 2. The standard InChI is InChI=1S/C19H19N3O2S3/c1-11(2)14-6-4-13(5-7-14)8-15-17(24)22(19(25)27-15)9-16(23)21-18-20-12(3)10-26-18/h4-8,10-11H,9H2,1-3H3,(H,20,21,23). The quantitative estimate of drug-likeness (QED) is 0.577. The van der Waals surface area contributed by atoms with Crippen molar-refractivity contribution in [2.24, 2.45) is 0 Å². The van der Waals surface area contributed by atoms with Crippen molar-refractivity contribution in [3.05, 3.63) is 51.4 Å². The van der Waals surface area contributed by atoms with Gasteiger partial charge in [-0.05, 0) is 30.0 Å². The summed E-state index contributed by atoms with van der Waals surface area (Å²) in [6, 6.07) is 8.08. The Morgan fingerprint density at radius 3 is 2.63 bits per heavy atom. The van der Waals surface area contributed by atoms with E-state index >= 15 is 0 Å². The van der Waals surface area contributed by atoms with Crippen molar-refractivity contribution in [3.63, 3.8) is 0 Å². The molecule has 0 radical (unpaired) electrons. The molecule has 140 valence electrons. The molecule has 27 heavy (non-hydrogen) atoms. The highest BCUT2D eigenvalue weighted by atomic mass is 32.2. The van der Waals surface area contributed by atoms with E-state index in [-0.39, 0.29) is 18.4 Å². The van der Waals surface area contributed by atoms with E-state index in [1.54, 1.807) is 0 Å². The summed E-state index contributed by atoms with van der Waals surface area (Å²) in [7, 11) is 0. The molecule has 0 saturated carbocycles. The zero-order valence-electron chi connectivity index (χ0n) is 15.2. The second-order valence-electron chi connectivity index (χ2n) is 6.43. The first-order valence-corrected chi connectivity index (χ1v) is 10.5. The second-order valence-corrected chi connectivity index (χ2v) is 8.97. The van der Waals surface area contributed by atoms with Gasteiger partial charge in [0.05, 0.1) is 10.6 Å². The summed E-state index contributed by atoms with van der Waals surface area (Å²) in [6.07, 6.45) is 1.81. The van der Waals surface area contributed by atoms with Crippen LogP contribution in [-0.2, 0) is 9.59 Å². The number of hydrogen-bond donors (Lipinski definition) is 1. The first kappa shape index (κ1) is 19.7. The highest BCUT2D eigenvalue weighted by Crippen LogP contribution is 2.32. The van der Waals surface area contributed by atoms with Gasteiger partial charge in [0.25, 0.3) is 5.91 Å². The molecule has 0 unspecified atom stereocenters. The monoisotopic (exact) mass is 417 g/mol. The SMILES string of the molecule is Cc1csc(NC(=O)CN2C(=O)C(=Cc3ccc(C(C)C)cc3)SC2=S)n1. The Bertz CT molecular complexity index is 917. The molecule has 5 nitrogen and oxygen atoms in total. The number of anilines is 1. The summed E-state index contributed by atoms with van der Waals surface area (Å²) in [4.78, 5) is 30.9. The second kappa shape index (κ2) is 8.33. The van der Waals surface area contributed by atoms with Gasteiger partial charge < -0.3 is 5.32 Å². The zero-order chi connectivity index (χ0) is 19.6. The molecule has 1 aromatic heterocycles. The maximum absolute atomic E-state index is 12.6. The van der Waals surface area contributed by atoms with Gasteiger partial charge in [-0.25, -0.2) is 4.98 Å². The van der Waals surface area contributed by atoms with Gasteiger partial charge in [0, 0.05) is 5.38 Å². The fraction of sp³-hybridized carbons (Fsp3) is 0.263. The number of thiazole rings is 1. The molecule has 1 saturated heterocycles. The summed E-state index contributed by atoms with van der Waals surface area (Å²) in [5, 5.41) is 5.07. The summed E-state index contributed by atoms with van der Waals surface area (Å²) < 4.78 is 0.385. The Kier molecular flexibility index (Phi) is 6.08. The molecule has 1 N–H and O–H groups in total. The highest BCUT2D eigenvalue weighted by molar-refractivity contribution is 8.26. The average Bonchev–Trinajstić information content (AvgIpc) is 3.13. The lowest BCUT2D eigenvalue weighted by molar-refractivity contribution is -0.126. The van der Waals surface area contributed by atoms with Gasteiger partial charge in [0.15, 0.2) is 5.13 Å². The molecule has 3 rings (SSSR count). The number of thioether (sulfide) groups is 1. The zero-order valence-corrected chi connectivity index (χ0v) is 17.6. The molecule has 0 atom stereocenters. The molecule has 1 fully saturated rings. The maximum atomic E-state index is 12.6. The lowest BCUT2D eigenvalue weighted by Crippen LogP contribution is -2.36. The fourth-order valence-electron chi connectivity index (χ4n) is 2.48. The Morgan fingerprint density at radius 2 is 2.04 bits per heavy atom. The third-order valence-electron chi connectivity index (χ3n) is 3.94. The predicted molar refractivity (Wildman–Crippen MR) is 116 cm³/mol. The van der Waals surface area contributed by atoms with Gasteiger partial charge in [-0.15, -0.1) is 11.3 Å². The average molecular weight is 418 g/mol. The maximum Gasteiger partial charge on any atom is 0.266 e. The molecule has 8 heteroatoms. The molecule has 2 heterocycles. The molecular formula is C19H19N3O2S3. The number of aromatic nitrogens is 1. The minimum absolute atomic E-state index is 0.118. The van der Waals surface area contributed by atoms with E-state index in [1.807, 2.05) is 30.5 Å². The minimum atomic E-state index is -0.316. The number of rotatable bonds is 5. The molecular weight excluding hydrogens is 398 g/mol. The van der Waals surface area contributed by atoms with E-state index < -0.39 is 0 Å². The van der Waals surface area contributed by atoms with E-state index in [4.69, 9.17) is 12.2 Å². The Morgan fingerprint density at radius 1 is 1.33 bits per heavy atom. The summed E-state index contributed by atoms with van der Waals surface area (Å²) >= 11 is 7.85. The van der Waals surface area contributed by atoms with Crippen molar-refractivity contribution in [1.29, 1.82) is 0 Å². The van der Waals surface area contributed by atoms with Crippen molar-refractivity contribution in [3.8, 4) is 0 Å². The van der Waals surface area contributed by atoms with E-state index in [0.717, 1.165) is 11.3 Å². The first-order valence-electron chi connectivity index (χ1n) is 8.41. The highest BCUT2D eigenvalue weighted by Gasteiger charge is 2.33. The van der Waals surface area contributed by atoms with Crippen LogP contribution in [0.4, 0.5) is 5.13 Å². The molecule has 2 aromatic rings. The molecule has 1 aliphatic heterocycles. The van der Waals surface area contributed by atoms with Gasteiger partial charge >= 0.3 is 0 Å². The van der Waals surface area contributed by atoms with Crippen LogP contribution in [0.2, 0.25) is 0 Å². The van der Waals surface area contributed by atoms with Crippen LogP contribution >= 0.6 is 35.3 Å². The Labute approximate surface area is 171 Å². The Balaban J connectivity index is 1.67. The van der Waals surface area contributed by atoms with Gasteiger partial charge in [0.2, 0.25) is 5.91 Å².